The third-order valence-electron chi connectivity index (χ3n) is 2.21. The van der Waals surface area contributed by atoms with Crippen molar-refractivity contribution in [2.24, 2.45) is 0 Å². The van der Waals surface area contributed by atoms with Crippen molar-refractivity contribution >= 4 is 33.3 Å². The summed E-state index contributed by atoms with van der Waals surface area (Å²) < 4.78 is 18.6. The highest BCUT2D eigenvalue weighted by Gasteiger charge is 2.13. The Balaban J connectivity index is 2.21. The molecule has 0 aliphatic rings. The van der Waals surface area contributed by atoms with Crippen molar-refractivity contribution in [1.82, 2.24) is 0 Å². The van der Waals surface area contributed by atoms with Crippen LogP contribution in [0.1, 0.15) is 16.1 Å². The molecule has 2 aromatic rings. The molecule has 0 bridgehead atoms. The van der Waals surface area contributed by atoms with Crippen molar-refractivity contribution in [3.63, 3.8) is 0 Å². The lowest BCUT2D eigenvalue weighted by molar-refractivity contribution is 0.0965. The van der Waals surface area contributed by atoms with Crippen LogP contribution in [0.2, 0.25) is 5.02 Å². The predicted molar refractivity (Wildman–Crippen MR) is 65.9 cm³/mol. The van der Waals surface area contributed by atoms with Crippen LogP contribution in [0.5, 0.6) is 0 Å². The topological polar surface area (TPSA) is 30.2 Å². The van der Waals surface area contributed by atoms with Gasteiger partial charge in [-0.25, -0.2) is 4.39 Å². The molecular formula is C12H7BrClFO2. The van der Waals surface area contributed by atoms with E-state index in [1.807, 2.05) is 0 Å². The van der Waals surface area contributed by atoms with E-state index in [9.17, 15) is 9.18 Å². The number of hydrogen-bond donors (Lipinski definition) is 0. The molecule has 2 nitrogen and oxygen atoms in total. The molecule has 2 rings (SSSR count). The number of benzene rings is 1. The summed E-state index contributed by atoms with van der Waals surface area (Å²) in [4.78, 5) is 11.8. The molecule has 5 heteroatoms. The van der Waals surface area contributed by atoms with Crippen molar-refractivity contribution in [2.75, 3.05) is 0 Å². The maximum atomic E-state index is 13.0. The minimum Gasteiger partial charge on any atom is -0.446 e. The Hall–Kier alpha value is -1.13. The van der Waals surface area contributed by atoms with E-state index in [1.165, 1.54) is 18.2 Å². The van der Waals surface area contributed by atoms with E-state index in [2.05, 4.69) is 15.9 Å². The summed E-state index contributed by atoms with van der Waals surface area (Å²) in [7, 11) is 0. The smallest absolute Gasteiger partial charge is 0.202 e. The maximum Gasteiger partial charge on any atom is 0.202 e. The lowest BCUT2D eigenvalue weighted by Crippen LogP contribution is -2.03. The van der Waals surface area contributed by atoms with Crippen LogP contribution in [0, 0.1) is 5.82 Å². The maximum absolute atomic E-state index is 13.0. The summed E-state index contributed by atoms with van der Waals surface area (Å²) in [6.07, 6.45) is 0.0105. The zero-order valence-corrected chi connectivity index (χ0v) is 10.9. The van der Waals surface area contributed by atoms with Crippen LogP contribution < -0.4 is 0 Å². The summed E-state index contributed by atoms with van der Waals surface area (Å²) >= 11 is 8.98. The first-order valence-corrected chi connectivity index (χ1v) is 5.96. The Bertz CT molecular complexity index is 565. The molecule has 0 fully saturated rings. The lowest BCUT2D eigenvalue weighted by atomic mass is 10.1. The van der Waals surface area contributed by atoms with Gasteiger partial charge in [-0.3, -0.25) is 4.79 Å². The second-order valence-electron chi connectivity index (χ2n) is 3.44. The van der Waals surface area contributed by atoms with Gasteiger partial charge < -0.3 is 4.42 Å². The largest absolute Gasteiger partial charge is 0.446 e. The van der Waals surface area contributed by atoms with E-state index in [4.69, 9.17) is 16.0 Å². The highest BCUT2D eigenvalue weighted by Crippen LogP contribution is 2.21. The first-order valence-electron chi connectivity index (χ1n) is 4.79. The van der Waals surface area contributed by atoms with Gasteiger partial charge in [-0.15, -0.1) is 0 Å². The van der Waals surface area contributed by atoms with Crippen LogP contribution in [0.3, 0.4) is 0 Å². The summed E-state index contributed by atoms with van der Waals surface area (Å²) in [6.45, 7) is 0. The van der Waals surface area contributed by atoms with Crippen LogP contribution in [-0.2, 0) is 6.42 Å². The lowest BCUT2D eigenvalue weighted by Gasteiger charge is -2.02. The van der Waals surface area contributed by atoms with Crippen molar-refractivity contribution in [3.05, 3.63) is 57.2 Å². The molecule has 0 saturated carbocycles. The minimum absolute atomic E-state index is 0.0105. The highest BCUT2D eigenvalue weighted by molar-refractivity contribution is 9.10. The molecule has 0 spiro atoms. The molecule has 17 heavy (non-hydrogen) atoms. The quantitative estimate of drug-likeness (QED) is 0.792. The number of furan rings is 1. The molecule has 1 heterocycles. The molecule has 0 N–H and O–H groups in total. The fraction of sp³-hybridized carbons (Fsp3) is 0.0833. The molecule has 0 saturated heterocycles. The third kappa shape index (κ3) is 2.96. The first kappa shape index (κ1) is 12.3. The summed E-state index contributed by atoms with van der Waals surface area (Å²) in [5.74, 6) is -0.446. The number of ketones is 1. The Labute approximate surface area is 111 Å². The van der Waals surface area contributed by atoms with Gasteiger partial charge in [-0.2, -0.15) is 0 Å². The van der Waals surface area contributed by atoms with Gasteiger partial charge in [0, 0.05) is 11.4 Å². The Morgan fingerprint density at radius 3 is 2.76 bits per heavy atom. The standard InChI is InChI=1S/C12H7BrClFO2/c13-12-4-3-11(17-12)10(16)6-7-5-8(15)1-2-9(7)14/h1-5H,6H2. The molecule has 88 valence electrons. The summed E-state index contributed by atoms with van der Waals surface area (Å²) in [6, 6.07) is 7.11. The highest BCUT2D eigenvalue weighted by atomic mass is 79.9. The molecule has 0 aliphatic carbocycles. The summed E-state index contributed by atoms with van der Waals surface area (Å²) in [5, 5.41) is 0.366. The average molecular weight is 318 g/mol. The fourth-order valence-corrected chi connectivity index (χ4v) is 1.89. The Kier molecular flexibility index (Phi) is 3.64. The van der Waals surface area contributed by atoms with Crippen molar-refractivity contribution < 1.29 is 13.6 Å². The van der Waals surface area contributed by atoms with E-state index in [0.717, 1.165) is 0 Å². The number of carbonyl (C=O) groups is 1. The third-order valence-corrected chi connectivity index (χ3v) is 3.00. The van der Waals surface area contributed by atoms with Crippen LogP contribution in [0.15, 0.2) is 39.4 Å². The van der Waals surface area contributed by atoms with E-state index in [0.29, 0.717) is 15.3 Å². The number of rotatable bonds is 3. The van der Waals surface area contributed by atoms with Crippen LogP contribution in [-0.4, -0.2) is 5.78 Å². The predicted octanol–water partition coefficient (Wildman–Crippen LogP) is 4.26. The van der Waals surface area contributed by atoms with Crippen molar-refractivity contribution in [3.8, 4) is 0 Å². The summed E-state index contributed by atoms with van der Waals surface area (Å²) in [5.41, 5.74) is 0.448. The molecule has 0 amide bonds. The van der Waals surface area contributed by atoms with Crippen LogP contribution in [0.4, 0.5) is 4.39 Å². The first-order chi connectivity index (χ1) is 8.06. The molecule has 0 atom stereocenters. The van der Waals surface area contributed by atoms with Crippen molar-refractivity contribution in [1.29, 1.82) is 0 Å². The number of carbonyl (C=O) groups excluding carboxylic acids is 1. The zero-order chi connectivity index (χ0) is 12.4. The molecule has 1 aromatic carbocycles. The minimum atomic E-state index is -0.419. The molecule has 0 radical (unpaired) electrons. The van der Waals surface area contributed by atoms with Gasteiger partial charge in [-0.05, 0) is 51.8 Å². The zero-order valence-electron chi connectivity index (χ0n) is 8.54. The number of halogens is 3. The number of hydrogen-bond acceptors (Lipinski definition) is 2. The van der Waals surface area contributed by atoms with Crippen LogP contribution >= 0.6 is 27.5 Å². The molecule has 1 aromatic heterocycles. The van der Waals surface area contributed by atoms with Crippen molar-refractivity contribution in [2.45, 2.75) is 6.42 Å². The van der Waals surface area contributed by atoms with E-state index in [-0.39, 0.29) is 18.0 Å². The average Bonchev–Trinajstić information content (AvgIpc) is 2.70. The number of Topliss-reactive ketones (excluding diaryl/α,β-unsaturated/α-hetero) is 1. The van der Waals surface area contributed by atoms with Gasteiger partial charge in [-0.1, -0.05) is 11.6 Å². The van der Waals surface area contributed by atoms with E-state index < -0.39 is 5.82 Å². The van der Waals surface area contributed by atoms with Gasteiger partial charge in [0.25, 0.3) is 0 Å². The Morgan fingerprint density at radius 1 is 1.35 bits per heavy atom. The second-order valence-corrected chi connectivity index (χ2v) is 4.63. The van der Waals surface area contributed by atoms with Gasteiger partial charge in [0.2, 0.25) is 5.78 Å². The SMILES string of the molecule is O=C(Cc1cc(F)ccc1Cl)c1ccc(Br)o1. The fourth-order valence-electron chi connectivity index (χ4n) is 1.40. The molecule has 0 unspecified atom stereocenters. The monoisotopic (exact) mass is 316 g/mol. The van der Waals surface area contributed by atoms with E-state index in [1.54, 1.807) is 12.1 Å². The van der Waals surface area contributed by atoms with Crippen LogP contribution in [0.25, 0.3) is 0 Å². The normalized spacial score (nSPS) is 10.5. The van der Waals surface area contributed by atoms with Gasteiger partial charge in [0.1, 0.15) is 5.82 Å². The molecule has 0 aliphatic heterocycles. The molecular weight excluding hydrogens is 310 g/mol. The van der Waals surface area contributed by atoms with Gasteiger partial charge in [0.05, 0.1) is 0 Å². The van der Waals surface area contributed by atoms with E-state index >= 15 is 0 Å². The second kappa shape index (κ2) is 5.02. The van der Waals surface area contributed by atoms with Gasteiger partial charge in [0.15, 0.2) is 10.4 Å². The van der Waals surface area contributed by atoms with Gasteiger partial charge >= 0.3 is 0 Å². The Morgan fingerprint density at radius 2 is 2.12 bits per heavy atom.